The van der Waals surface area contributed by atoms with E-state index in [0.717, 1.165) is 12.1 Å². The summed E-state index contributed by atoms with van der Waals surface area (Å²) in [6.07, 6.45) is 0. The maximum absolute atomic E-state index is 13.1. The molecule has 0 spiro atoms. The lowest BCUT2D eigenvalue weighted by atomic mass is 10.1. The molecule has 0 bridgehead atoms. The van der Waals surface area contributed by atoms with Crippen LogP contribution >= 0.6 is 23.2 Å². The third-order valence-corrected chi connectivity index (χ3v) is 3.58. The summed E-state index contributed by atoms with van der Waals surface area (Å²) in [5.74, 6) is -1.31. The molecule has 0 aliphatic heterocycles. The van der Waals surface area contributed by atoms with E-state index < -0.39 is 16.6 Å². The molecule has 2 aromatic carbocycles. The van der Waals surface area contributed by atoms with Crippen LogP contribution in [0.5, 0.6) is 0 Å². The van der Waals surface area contributed by atoms with E-state index in [2.05, 4.69) is 10.6 Å². The number of rotatable bonds is 4. The summed E-state index contributed by atoms with van der Waals surface area (Å²) in [6, 6.07) is 5.97. The normalized spacial score (nSPS) is 10.3. The molecule has 0 unspecified atom stereocenters. The summed E-state index contributed by atoms with van der Waals surface area (Å²) in [7, 11) is 1.50. The second-order valence-corrected chi connectivity index (χ2v) is 5.25. The number of hydrogen-bond donors (Lipinski definition) is 2. The van der Waals surface area contributed by atoms with Crippen molar-refractivity contribution >= 4 is 46.2 Å². The minimum absolute atomic E-state index is 0.0330. The Bertz CT molecular complexity index is 799. The number of nitrogens with one attached hydrogen (secondary N) is 2. The highest BCUT2D eigenvalue weighted by atomic mass is 35.5. The molecule has 0 aromatic heterocycles. The van der Waals surface area contributed by atoms with Gasteiger partial charge in [0, 0.05) is 18.8 Å². The van der Waals surface area contributed by atoms with E-state index in [1.165, 1.54) is 25.2 Å². The van der Waals surface area contributed by atoms with Gasteiger partial charge < -0.3 is 10.6 Å². The van der Waals surface area contributed by atoms with Crippen LogP contribution in [-0.4, -0.2) is 17.9 Å². The molecule has 120 valence electrons. The highest BCUT2D eigenvalue weighted by Crippen LogP contribution is 2.31. The molecule has 2 aromatic rings. The molecule has 23 heavy (non-hydrogen) atoms. The highest BCUT2D eigenvalue weighted by Gasteiger charge is 2.21. The average molecular weight is 358 g/mol. The van der Waals surface area contributed by atoms with Crippen LogP contribution in [0, 0.1) is 15.9 Å². The number of halogens is 3. The quantitative estimate of drug-likeness (QED) is 0.629. The molecule has 6 nitrogen and oxygen atoms in total. The zero-order valence-corrected chi connectivity index (χ0v) is 13.2. The van der Waals surface area contributed by atoms with Crippen molar-refractivity contribution < 1.29 is 14.1 Å². The van der Waals surface area contributed by atoms with Crippen LogP contribution in [0.4, 0.5) is 21.5 Å². The molecule has 0 atom stereocenters. The lowest BCUT2D eigenvalue weighted by Gasteiger charge is -2.09. The third-order valence-electron chi connectivity index (χ3n) is 2.97. The minimum Gasteiger partial charge on any atom is -0.383 e. The summed E-state index contributed by atoms with van der Waals surface area (Å²) in [5.41, 5.74) is 0.0381. The molecule has 1 amide bonds. The summed E-state index contributed by atoms with van der Waals surface area (Å²) in [6.45, 7) is 0. The van der Waals surface area contributed by atoms with Gasteiger partial charge in [0.05, 0.1) is 20.5 Å². The van der Waals surface area contributed by atoms with Crippen LogP contribution in [-0.2, 0) is 0 Å². The second kappa shape index (κ2) is 6.80. The molecule has 2 rings (SSSR count). The fourth-order valence-corrected chi connectivity index (χ4v) is 2.29. The van der Waals surface area contributed by atoms with E-state index in [9.17, 15) is 19.3 Å². The summed E-state index contributed by atoms with van der Waals surface area (Å²) >= 11 is 11.6. The van der Waals surface area contributed by atoms with Crippen molar-refractivity contribution in [3.05, 3.63) is 61.9 Å². The number of nitro groups is 1. The Labute approximate surface area is 140 Å². The van der Waals surface area contributed by atoms with Gasteiger partial charge in [-0.25, -0.2) is 4.39 Å². The van der Waals surface area contributed by atoms with Crippen molar-refractivity contribution in [3.63, 3.8) is 0 Å². The van der Waals surface area contributed by atoms with Crippen molar-refractivity contribution in [2.75, 3.05) is 17.7 Å². The predicted molar refractivity (Wildman–Crippen MR) is 87.0 cm³/mol. The molecule has 0 heterocycles. The number of hydrogen-bond acceptors (Lipinski definition) is 4. The van der Waals surface area contributed by atoms with Crippen molar-refractivity contribution in [2.45, 2.75) is 0 Å². The number of nitro benzene ring substituents is 1. The van der Waals surface area contributed by atoms with Gasteiger partial charge in [0.25, 0.3) is 11.6 Å². The second-order valence-electron chi connectivity index (χ2n) is 4.44. The van der Waals surface area contributed by atoms with Gasteiger partial charge in [0.2, 0.25) is 0 Å². The zero-order valence-electron chi connectivity index (χ0n) is 11.7. The fraction of sp³-hybridized carbons (Fsp3) is 0.0714. The molecule has 9 heteroatoms. The number of carbonyl (C=O) groups is 1. The molecule has 0 fully saturated rings. The van der Waals surface area contributed by atoms with Crippen molar-refractivity contribution in [3.8, 4) is 0 Å². The van der Waals surface area contributed by atoms with Gasteiger partial charge in [0.1, 0.15) is 11.5 Å². The first-order valence-corrected chi connectivity index (χ1v) is 7.01. The first-order valence-electron chi connectivity index (χ1n) is 6.25. The van der Waals surface area contributed by atoms with Gasteiger partial charge in [-0.2, -0.15) is 0 Å². The van der Waals surface area contributed by atoms with Crippen LogP contribution in [0.15, 0.2) is 30.3 Å². The topological polar surface area (TPSA) is 84.3 Å². The van der Waals surface area contributed by atoms with Crippen LogP contribution in [0.3, 0.4) is 0 Å². The SMILES string of the molecule is CNc1cc(Cl)c(C(=O)Nc2ccc(F)c(Cl)c2)cc1[N+](=O)[O-]. The van der Waals surface area contributed by atoms with E-state index in [-0.39, 0.29) is 32.7 Å². The third kappa shape index (κ3) is 3.69. The van der Waals surface area contributed by atoms with Crippen LogP contribution in [0.25, 0.3) is 0 Å². The summed E-state index contributed by atoms with van der Waals surface area (Å²) in [4.78, 5) is 22.6. The zero-order chi connectivity index (χ0) is 17.1. The molecular weight excluding hydrogens is 348 g/mol. The first-order chi connectivity index (χ1) is 10.8. The van der Waals surface area contributed by atoms with E-state index in [1.54, 1.807) is 0 Å². The van der Waals surface area contributed by atoms with Gasteiger partial charge >= 0.3 is 0 Å². The van der Waals surface area contributed by atoms with Crippen LogP contribution in [0.2, 0.25) is 10.0 Å². The van der Waals surface area contributed by atoms with Crippen molar-refractivity contribution in [1.82, 2.24) is 0 Å². The molecule has 0 saturated heterocycles. The smallest absolute Gasteiger partial charge is 0.293 e. The number of nitrogens with zero attached hydrogens (tertiary/aromatic N) is 1. The van der Waals surface area contributed by atoms with Crippen LogP contribution < -0.4 is 10.6 Å². The van der Waals surface area contributed by atoms with Gasteiger partial charge in [-0.05, 0) is 24.3 Å². The number of benzene rings is 2. The lowest BCUT2D eigenvalue weighted by molar-refractivity contribution is -0.384. The highest BCUT2D eigenvalue weighted by molar-refractivity contribution is 6.35. The molecule has 0 radical (unpaired) electrons. The maximum Gasteiger partial charge on any atom is 0.293 e. The molecule has 0 aliphatic carbocycles. The number of anilines is 2. The molecule has 0 aliphatic rings. The predicted octanol–water partition coefficient (Wildman–Crippen LogP) is 4.33. The minimum atomic E-state index is -0.677. The van der Waals surface area contributed by atoms with E-state index >= 15 is 0 Å². The van der Waals surface area contributed by atoms with Crippen LogP contribution in [0.1, 0.15) is 10.4 Å². The Kier molecular flexibility index (Phi) is 5.02. The van der Waals surface area contributed by atoms with Gasteiger partial charge in [-0.3, -0.25) is 14.9 Å². The van der Waals surface area contributed by atoms with Crippen molar-refractivity contribution in [2.24, 2.45) is 0 Å². The maximum atomic E-state index is 13.1. The van der Waals surface area contributed by atoms with Gasteiger partial charge in [-0.1, -0.05) is 23.2 Å². The van der Waals surface area contributed by atoms with E-state index in [1.807, 2.05) is 0 Å². The monoisotopic (exact) mass is 357 g/mol. The van der Waals surface area contributed by atoms with E-state index in [0.29, 0.717) is 0 Å². The van der Waals surface area contributed by atoms with Gasteiger partial charge in [-0.15, -0.1) is 0 Å². The van der Waals surface area contributed by atoms with Crippen molar-refractivity contribution in [1.29, 1.82) is 0 Å². The Morgan fingerprint density at radius 2 is 1.91 bits per heavy atom. The number of amides is 1. The fourth-order valence-electron chi connectivity index (χ4n) is 1.86. The molecule has 0 saturated carbocycles. The standard InChI is InChI=1S/C14H10Cl2FN3O3/c1-18-12-6-9(15)8(5-13(12)20(22)23)14(21)19-7-2-3-11(17)10(16)4-7/h2-6,18H,1H3,(H,19,21). The Morgan fingerprint density at radius 1 is 1.22 bits per heavy atom. The Balaban J connectivity index is 2.36. The molecule has 2 N–H and O–H groups in total. The largest absolute Gasteiger partial charge is 0.383 e. The van der Waals surface area contributed by atoms with E-state index in [4.69, 9.17) is 23.2 Å². The average Bonchev–Trinajstić information content (AvgIpc) is 2.50. The molecular formula is C14H10Cl2FN3O3. The Morgan fingerprint density at radius 3 is 2.48 bits per heavy atom. The lowest BCUT2D eigenvalue weighted by Crippen LogP contribution is -2.13. The number of carbonyl (C=O) groups excluding carboxylic acids is 1. The summed E-state index contributed by atoms with van der Waals surface area (Å²) < 4.78 is 13.1. The Hall–Kier alpha value is -2.38. The first kappa shape index (κ1) is 17.0. The van der Waals surface area contributed by atoms with Gasteiger partial charge in [0.15, 0.2) is 0 Å². The summed E-state index contributed by atoms with van der Waals surface area (Å²) in [5, 5.41) is 16.0.